The van der Waals surface area contributed by atoms with Crippen LogP contribution in [0.4, 0.5) is 0 Å². The van der Waals surface area contributed by atoms with E-state index < -0.39 is 0 Å². The van der Waals surface area contributed by atoms with E-state index >= 15 is 0 Å². The van der Waals surface area contributed by atoms with Gasteiger partial charge in [0.05, 0.1) is 0 Å². The Labute approximate surface area is 106 Å². The molecule has 0 fully saturated rings. The lowest BCUT2D eigenvalue weighted by Crippen LogP contribution is -1.84. The van der Waals surface area contributed by atoms with Crippen LogP contribution in [0.15, 0.2) is 16.6 Å². The van der Waals surface area contributed by atoms with Crippen LogP contribution in [0.25, 0.3) is 0 Å². The van der Waals surface area contributed by atoms with Gasteiger partial charge in [-0.15, -0.1) is 0 Å². The molecule has 0 atom stereocenters. The Hall–Kier alpha value is 1.16. The fourth-order valence-electron chi connectivity index (χ4n) is 0.983. The predicted molar refractivity (Wildman–Crippen MR) is 76.4 cm³/mol. The standard InChI is InChI=1S/C9H11Br.I2/c1-6-4-9(10)5-7(2)8(6)3;1-2/h4-5H,1-3H3;. The number of hydrogen-bond donors (Lipinski definition) is 0. The summed E-state index contributed by atoms with van der Waals surface area (Å²) in [5.41, 5.74) is 4.10. The van der Waals surface area contributed by atoms with Crippen molar-refractivity contribution in [3.05, 3.63) is 33.3 Å². The Balaban J connectivity index is 0.000000561. The molecule has 12 heavy (non-hydrogen) atoms. The van der Waals surface area contributed by atoms with Crippen molar-refractivity contribution in [2.45, 2.75) is 20.8 Å². The zero-order valence-corrected chi connectivity index (χ0v) is 13.2. The van der Waals surface area contributed by atoms with Crippen LogP contribution in [0.3, 0.4) is 0 Å². The van der Waals surface area contributed by atoms with Gasteiger partial charge < -0.3 is 0 Å². The molecule has 0 heterocycles. The third-order valence-electron chi connectivity index (χ3n) is 1.89. The van der Waals surface area contributed by atoms with E-state index in [1.54, 1.807) is 0 Å². The zero-order chi connectivity index (χ0) is 9.72. The van der Waals surface area contributed by atoms with Crippen molar-refractivity contribution in [2.24, 2.45) is 0 Å². The molecule has 0 unspecified atom stereocenters. The highest BCUT2D eigenvalue weighted by Crippen LogP contribution is 2.18. The Morgan fingerprint density at radius 2 is 1.33 bits per heavy atom. The van der Waals surface area contributed by atoms with Crippen molar-refractivity contribution in [1.82, 2.24) is 0 Å². The number of aryl methyl sites for hydroxylation is 2. The van der Waals surface area contributed by atoms with Gasteiger partial charge in [0, 0.05) is 41.7 Å². The monoisotopic (exact) mass is 452 g/mol. The Morgan fingerprint density at radius 1 is 1.00 bits per heavy atom. The van der Waals surface area contributed by atoms with Crippen LogP contribution < -0.4 is 0 Å². The summed E-state index contributed by atoms with van der Waals surface area (Å²) in [6.07, 6.45) is 0. The summed E-state index contributed by atoms with van der Waals surface area (Å²) < 4.78 is 1.17. The molecule has 1 rings (SSSR count). The third-order valence-corrected chi connectivity index (χ3v) is 2.35. The number of halogens is 3. The molecule has 1 aromatic carbocycles. The first kappa shape index (κ1) is 13.2. The molecule has 68 valence electrons. The van der Waals surface area contributed by atoms with Crippen molar-refractivity contribution in [3.63, 3.8) is 0 Å². The van der Waals surface area contributed by atoms with Gasteiger partial charge in [0.2, 0.25) is 0 Å². The summed E-state index contributed by atoms with van der Waals surface area (Å²) >= 11 is 7.69. The molecule has 0 aliphatic carbocycles. The summed E-state index contributed by atoms with van der Waals surface area (Å²) in [6.45, 7) is 6.41. The van der Waals surface area contributed by atoms with Crippen LogP contribution >= 0.6 is 53.2 Å². The molecular weight excluding hydrogens is 442 g/mol. The minimum atomic E-state index is 1.17. The van der Waals surface area contributed by atoms with E-state index in [-0.39, 0.29) is 0 Å². The van der Waals surface area contributed by atoms with E-state index in [9.17, 15) is 0 Å². The number of benzene rings is 1. The van der Waals surface area contributed by atoms with E-state index in [0.29, 0.717) is 0 Å². The summed E-state index contributed by atoms with van der Waals surface area (Å²) in [4.78, 5) is 0. The highest BCUT2D eigenvalue weighted by molar-refractivity contribution is 15.0. The highest BCUT2D eigenvalue weighted by Gasteiger charge is 1.96. The molecule has 0 radical (unpaired) electrons. The summed E-state index contributed by atoms with van der Waals surface area (Å²) in [6, 6.07) is 4.28. The largest absolute Gasteiger partial charge is 0.0508 e. The van der Waals surface area contributed by atoms with E-state index in [2.05, 4.69) is 86.1 Å². The second-order valence-electron chi connectivity index (χ2n) is 2.66. The SMILES string of the molecule is Cc1cc(Br)cc(C)c1C.II. The van der Waals surface area contributed by atoms with E-state index in [0.717, 1.165) is 0 Å². The minimum Gasteiger partial charge on any atom is -0.0508 e. The minimum absolute atomic E-state index is 1.17. The average Bonchev–Trinajstić information content (AvgIpc) is 2.04. The fraction of sp³-hybridized carbons (Fsp3) is 0.333. The lowest BCUT2D eigenvalue weighted by atomic mass is 10.1. The van der Waals surface area contributed by atoms with Gasteiger partial charge in [0.1, 0.15) is 0 Å². The lowest BCUT2D eigenvalue weighted by Gasteiger charge is -2.03. The summed E-state index contributed by atoms with van der Waals surface area (Å²) in [7, 11) is 0. The second-order valence-corrected chi connectivity index (χ2v) is 3.58. The number of rotatable bonds is 0. The molecule has 0 N–H and O–H groups in total. The van der Waals surface area contributed by atoms with Crippen molar-refractivity contribution in [2.75, 3.05) is 0 Å². The van der Waals surface area contributed by atoms with Gasteiger partial charge in [0.25, 0.3) is 0 Å². The molecule has 0 amide bonds. The molecule has 0 bridgehead atoms. The zero-order valence-electron chi connectivity index (χ0n) is 7.29. The van der Waals surface area contributed by atoms with Gasteiger partial charge in [-0.2, -0.15) is 0 Å². The predicted octanol–water partition coefficient (Wildman–Crippen LogP) is 5.15. The maximum absolute atomic E-state index is 3.45. The van der Waals surface area contributed by atoms with Crippen LogP contribution in [-0.2, 0) is 0 Å². The quantitative estimate of drug-likeness (QED) is 0.478. The van der Waals surface area contributed by atoms with Crippen LogP contribution in [0.5, 0.6) is 0 Å². The first-order valence-electron chi connectivity index (χ1n) is 3.49. The van der Waals surface area contributed by atoms with Crippen molar-refractivity contribution in [3.8, 4) is 0 Å². The summed E-state index contributed by atoms with van der Waals surface area (Å²) in [5.74, 6) is 0. The van der Waals surface area contributed by atoms with E-state index in [1.807, 2.05) is 0 Å². The van der Waals surface area contributed by atoms with Crippen LogP contribution in [-0.4, -0.2) is 0 Å². The van der Waals surface area contributed by atoms with Crippen molar-refractivity contribution in [1.29, 1.82) is 0 Å². The first-order chi connectivity index (χ1) is 5.61. The van der Waals surface area contributed by atoms with E-state index in [1.165, 1.54) is 21.2 Å². The highest BCUT2D eigenvalue weighted by atomic mass is 128. The normalized spacial score (nSPS) is 8.83. The molecule has 3 heteroatoms. The Bertz CT molecular complexity index is 236. The molecule has 0 saturated heterocycles. The van der Waals surface area contributed by atoms with Crippen molar-refractivity contribution >= 4 is 53.2 Å². The van der Waals surface area contributed by atoms with Gasteiger partial charge in [-0.05, 0) is 49.6 Å². The Kier molecular flexibility index (Phi) is 7.23. The Morgan fingerprint density at radius 3 is 1.67 bits per heavy atom. The topological polar surface area (TPSA) is 0 Å². The van der Waals surface area contributed by atoms with Crippen LogP contribution in [0.2, 0.25) is 0 Å². The maximum atomic E-state index is 3.45. The van der Waals surface area contributed by atoms with Gasteiger partial charge in [-0.25, -0.2) is 0 Å². The molecule has 0 aliphatic heterocycles. The molecular formula is C9H11BrI2. The molecule has 0 nitrogen and oxygen atoms in total. The average molecular weight is 453 g/mol. The first-order valence-corrected chi connectivity index (χ1v) is 10.6. The second kappa shape index (κ2) is 6.59. The van der Waals surface area contributed by atoms with Gasteiger partial charge in [0.15, 0.2) is 0 Å². The molecule has 0 aliphatic rings. The van der Waals surface area contributed by atoms with Crippen LogP contribution in [0, 0.1) is 20.8 Å². The van der Waals surface area contributed by atoms with Gasteiger partial charge >= 0.3 is 0 Å². The molecule has 0 aromatic heterocycles. The lowest BCUT2D eigenvalue weighted by molar-refractivity contribution is 1.26. The van der Waals surface area contributed by atoms with E-state index in [4.69, 9.17) is 0 Å². The third kappa shape index (κ3) is 3.91. The van der Waals surface area contributed by atoms with Gasteiger partial charge in [-0.3, -0.25) is 0 Å². The number of hydrogen-bond acceptors (Lipinski definition) is 0. The van der Waals surface area contributed by atoms with Gasteiger partial charge in [-0.1, -0.05) is 15.9 Å². The fourth-order valence-corrected chi connectivity index (χ4v) is 1.67. The van der Waals surface area contributed by atoms with Crippen molar-refractivity contribution < 1.29 is 0 Å². The van der Waals surface area contributed by atoms with Crippen LogP contribution in [0.1, 0.15) is 16.7 Å². The molecule has 1 aromatic rings. The maximum Gasteiger partial charge on any atom is 0.0180 e. The molecule has 0 spiro atoms. The molecule has 0 saturated carbocycles. The summed E-state index contributed by atoms with van der Waals surface area (Å²) in [5, 5.41) is 0. The smallest absolute Gasteiger partial charge is 0.0180 e.